The van der Waals surface area contributed by atoms with Crippen molar-refractivity contribution in [2.75, 3.05) is 12.3 Å². The third-order valence-electron chi connectivity index (χ3n) is 13.9. The number of ketones is 1. The lowest BCUT2D eigenvalue weighted by molar-refractivity contribution is -0.146. The van der Waals surface area contributed by atoms with Gasteiger partial charge in [-0.25, -0.2) is 13.2 Å². The van der Waals surface area contributed by atoms with Crippen molar-refractivity contribution < 1.29 is 32.4 Å². The Morgan fingerprint density at radius 1 is 0.830 bits per heavy atom. The fraction of sp³-hybridized carbons (Fsp3) is 0.875. The Bertz CT molecular complexity index is 1550. The first-order valence-electron chi connectivity index (χ1n) is 20.5. The van der Waals surface area contributed by atoms with Crippen LogP contribution in [0.5, 0.6) is 0 Å². The van der Waals surface area contributed by atoms with E-state index in [4.69, 9.17) is 0 Å². The number of Topliss-reactive ketones (excluding diaryl/α,β-unsaturated/α-hetero) is 1. The summed E-state index contributed by atoms with van der Waals surface area (Å²) in [5.74, 6) is -1.74. The van der Waals surface area contributed by atoms with Gasteiger partial charge in [-0.3, -0.25) is 19.2 Å². The van der Waals surface area contributed by atoms with Crippen molar-refractivity contribution in [3.05, 3.63) is 0 Å². The van der Waals surface area contributed by atoms with Crippen LogP contribution in [0.2, 0.25) is 0 Å². The van der Waals surface area contributed by atoms with Gasteiger partial charge in [0.1, 0.15) is 12.1 Å². The fourth-order valence-electron chi connectivity index (χ4n) is 9.66. The molecule has 4 N–H and O–H groups in total. The molecule has 0 radical (unpaired) electrons. The van der Waals surface area contributed by atoms with Crippen LogP contribution in [0, 0.1) is 28.6 Å². The van der Waals surface area contributed by atoms with Crippen LogP contribution >= 0.6 is 0 Å². The second-order valence-corrected chi connectivity index (χ2v) is 22.3. The monoisotopic (exact) mass is 759 g/mol. The molecule has 5 aliphatic carbocycles. The van der Waals surface area contributed by atoms with E-state index >= 15 is 0 Å². The van der Waals surface area contributed by atoms with Crippen molar-refractivity contribution >= 4 is 39.4 Å². The highest BCUT2D eigenvalue weighted by Crippen LogP contribution is 2.65. The number of piperidine rings is 1. The second kappa shape index (κ2) is 14.8. The van der Waals surface area contributed by atoms with Gasteiger partial charge in [0.25, 0.3) is 5.91 Å². The molecule has 3 unspecified atom stereocenters. The maximum atomic E-state index is 15.0. The van der Waals surface area contributed by atoms with Gasteiger partial charge in [0.15, 0.2) is 9.84 Å². The number of nitrogens with zero attached hydrogens (tertiary/aromatic N) is 1. The number of hydrogen-bond donors (Lipinski definition) is 4. The molecular weight excluding hydrogens is 695 g/mol. The Kier molecular flexibility index (Phi) is 11.1. The number of carbonyl (C=O) groups excluding carboxylic acids is 5. The minimum Gasteiger partial charge on any atom is -0.347 e. The summed E-state index contributed by atoms with van der Waals surface area (Å²) in [6, 6.07) is -3.28. The minimum atomic E-state index is -3.56. The van der Waals surface area contributed by atoms with Crippen LogP contribution in [0.25, 0.3) is 0 Å². The average Bonchev–Trinajstić information content (AvgIpc) is 4.04. The Labute approximate surface area is 316 Å². The molecule has 5 atom stereocenters. The molecule has 298 valence electrons. The number of sulfone groups is 1. The molecule has 0 bridgehead atoms. The zero-order chi connectivity index (χ0) is 38.6. The largest absolute Gasteiger partial charge is 0.347 e. The van der Waals surface area contributed by atoms with Crippen molar-refractivity contribution in [3.63, 3.8) is 0 Å². The van der Waals surface area contributed by atoms with Gasteiger partial charge in [0.2, 0.25) is 17.6 Å². The van der Waals surface area contributed by atoms with Crippen LogP contribution in [-0.2, 0) is 29.0 Å². The van der Waals surface area contributed by atoms with E-state index in [2.05, 4.69) is 35.1 Å². The molecular formula is C40H65N5O7S. The Morgan fingerprint density at radius 3 is 2.00 bits per heavy atom. The summed E-state index contributed by atoms with van der Waals surface area (Å²) in [6.07, 6.45) is 12.9. The third-order valence-corrected chi connectivity index (χ3v) is 16.7. The van der Waals surface area contributed by atoms with E-state index in [0.717, 1.165) is 83.5 Å². The summed E-state index contributed by atoms with van der Waals surface area (Å²) in [5.41, 5.74) is -1.70. The number of nitrogens with one attached hydrogen (secondary N) is 4. The zero-order valence-electron chi connectivity index (χ0n) is 33.0. The van der Waals surface area contributed by atoms with Crippen LogP contribution in [-0.4, -0.2) is 89.6 Å². The van der Waals surface area contributed by atoms with Crippen LogP contribution < -0.4 is 21.3 Å². The minimum absolute atomic E-state index is 0.0147. The first-order valence-corrected chi connectivity index (χ1v) is 22.2. The summed E-state index contributed by atoms with van der Waals surface area (Å²) >= 11 is 0. The maximum absolute atomic E-state index is 15.0. The van der Waals surface area contributed by atoms with Crippen LogP contribution in [0.15, 0.2) is 0 Å². The van der Waals surface area contributed by atoms with Gasteiger partial charge in [-0.2, -0.15) is 0 Å². The van der Waals surface area contributed by atoms with E-state index in [9.17, 15) is 32.4 Å². The molecule has 5 amide bonds. The molecule has 1 heterocycles. The average molecular weight is 760 g/mol. The molecule has 5 saturated carbocycles. The van der Waals surface area contributed by atoms with E-state index in [-0.39, 0.29) is 35.0 Å². The van der Waals surface area contributed by atoms with Crippen molar-refractivity contribution in [1.82, 2.24) is 26.2 Å². The lowest BCUT2D eigenvalue weighted by Crippen LogP contribution is -2.65. The van der Waals surface area contributed by atoms with E-state index in [1.165, 1.54) is 0 Å². The maximum Gasteiger partial charge on any atom is 0.315 e. The first-order chi connectivity index (χ1) is 24.8. The summed E-state index contributed by atoms with van der Waals surface area (Å²) in [6.45, 7) is 11.6. The molecule has 6 fully saturated rings. The molecule has 0 aromatic carbocycles. The molecule has 6 rings (SSSR count). The van der Waals surface area contributed by atoms with Crippen molar-refractivity contribution in [3.8, 4) is 0 Å². The molecule has 1 saturated heterocycles. The topological polar surface area (TPSA) is 171 Å². The van der Waals surface area contributed by atoms with Gasteiger partial charge in [-0.15, -0.1) is 0 Å². The molecule has 53 heavy (non-hydrogen) atoms. The Balaban J connectivity index is 1.23. The normalized spacial score (nSPS) is 28.5. The summed E-state index contributed by atoms with van der Waals surface area (Å²) in [4.78, 5) is 71.4. The van der Waals surface area contributed by atoms with Crippen LogP contribution in [0.4, 0.5) is 4.79 Å². The number of carbonyl (C=O) groups is 5. The highest BCUT2D eigenvalue weighted by Gasteiger charge is 2.70. The number of hydrogen-bond acceptors (Lipinski definition) is 7. The number of likely N-dealkylation sites (tertiary alicyclic amines) is 1. The third kappa shape index (κ3) is 8.75. The molecule has 1 aliphatic heterocycles. The standard InChI is InChI=1S/C40H65N5O7S/c1-37(2,3)53(51,52)24-40(21-11-8-12-22-40)44-36(50)43-32(39(6)19-9-7-10-20-39)35(49)45-23-27-29(38(27,4)5)30(45)33(47)42-28(18-15-25-13-14-25)31(46)34(48)41-26-16-17-26/h25-30,32H,7-24H2,1-6H3,(H,41,48)(H,42,47)(H2,43,44,50)/t27?,28?,29?,30-,32+/m0/s1. The lowest BCUT2D eigenvalue weighted by atomic mass is 9.70. The number of amides is 5. The SMILES string of the molecule is CC1(C)C2CN(C(=O)[C@@H](NC(=O)NC3(CS(=O)(=O)C(C)(C)C)CCCCC3)C3(C)CCCCC3)[C@H](C(=O)NC(CCC3CC3)C(=O)C(=O)NC3CC3)C21. The van der Waals surface area contributed by atoms with Crippen molar-refractivity contribution in [2.45, 2.75) is 179 Å². The van der Waals surface area contributed by atoms with Crippen LogP contribution in [0.1, 0.15) is 144 Å². The van der Waals surface area contributed by atoms with Crippen molar-refractivity contribution in [2.24, 2.45) is 28.6 Å². The quantitative estimate of drug-likeness (QED) is 0.188. The molecule has 0 aromatic heterocycles. The van der Waals surface area contributed by atoms with E-state index < -0.39 is 67.3 Å². The number of urea groups is 1. The molecule has 0 aromatic rings. The fourth-order valence-corrected chi connectivity index (χ4v) is 11.2. The molecule has 0 spiro atoms. The number of fused-ring (bicyclic) bond motifs is 1. The van der Waals surface area contributed by atoms with Gasteiger partial charge < -0.3 is 26.2 Å². The Morgan fingerprint density at radius 2 is 1.43 bits per heavy atom. The zero-order valence-corrected chi connectivity index (χ0v) is 33.8. The lowest BCUT2D eigenvalue weighted by Gasteiger charge is -2.44. The van der Waals surface area contributed by atoms with Crippen LogP contribution in [0.3, 0.4) is 0 Å². The second-order valence-electron chi connectivity index (χ2n) is 19.5. The van der Waals surface area contributed by atoms with E-state index in [1.807, 2.05) is 6.92 Å². The number of rotatable bonds is 14. The predicted molar refractivity (Wildman–Crippen MR) is 202 cm³/mol. The van der Waals surface area contributed by atoms with E-state index in [1.54, 1.807) is 25.7 Å². The van der Waals surface area contributed by atoms with Gasteiger partial charge >= 0.3 is 6.03 Å². The van der Waals surface area contributed by atoms with Gasteiger partial charge in [-0.05, 0) is 101 Å². The highest BCUT2D eigenvalue weighted by molar-refractivity contribution is 7.92. The smallest absolute Gasteiger partial charge is 0.315 e. The summed E-state index contributed by atoms with van der Waals surface area (Å²) < 4.78 is 26.0. The van der Waals surface area contributed by atoms with Gasteiger partial charge in [0, 0.05) is 12.6 Å². The summed E-state index contributed by atoms with van der Waals surface area (Å²) in [5, 5.41) is 11.9. The Hall–Kier alpha value is -2.70. The van der Waals surface area contributed by atoms with Crippen molar-refractivity contribution in [1.29, 1.82) is 0 Å². The van der Waals surface area contributed by atoms with Gasteiger partial charge in [0.05, 0.1) is 22.1 Å². The van der Waals surface area contributed by atoms with E-state index in [0.29, 0.717) is 31.7 Å². The molecule has 13 heteroatoms. The molecule has 6 aliphatic rings. The molecule has 12 nitrogen and oxygen atoms in total. The highest BCUT2D eigenvalue weighted by atomic mass is 32.2. The van der Waals surface area contributed by atoms with Gasteiger partial charge in [-0.1, -0.05) is 72.1 Å². The summed E-state index contributed by atoms with van der Waals surface area (Å²) in [7, 11) is -3.56. The first kappa shape index (κ1) is 40.0. The predicted octanol–water partition coefficient (Wildman–Crippen LogP) is 4.55.